The Balaban J connectivity index is 2.15. The second-order valence-electron chi connectivity index (χ2n) is 5.45. The Labute approximate surface area is 136 Å². The minimum Gasteiger partial charge on any atom is -0.378 e. The monoisotopic (exact) mass is 322 g/mol. The lowest BCUT2D eigenvalue weighted by molar-refractivity contribution is 0.402. The Bertz CT molecular complexity index is 611. The molecular formula is C17H20Cl2N2. The number of nitrogens with one attached hydrogen (secondary N) is 1. The lowest BCUT2D eigenvalue weighted by Gasteiger charge is -2.18. The van der Waals surface area contributed by atoms with Crippen LogP contribution in [0.3, 0.4) is 0 Å². The first-order valence-corrected chi connectivity index (χ1v) is 7.67. The van der Waals surface area contributed by atoms with Gasteiger partial charge in [-0.2, -0.15) is 0 Å². The van der Waals surface area contributed by atoms with E-state index in [1.54, 1.807) is 6.07 Å². The molecule has 0 saturated heterocycles. The van der Waals surface area contributed by atoms with Crippen molar-refractivity contribution in [3.63, 3.8) is 0 Å². The molecule has 0 bridgehead atoms. The Morgan fingerprint density at radius 3 is 2.52 bits per heavy atom. The molecule has 0 radical (unpaired) electrons. The van der Waals surface area contributed by atoms with Crippen LogP contribution in [0.2, 0.25) is 10.0 Å². The van der Waals surface area contributed by atoms with Crippen molar-refractivity contribution in [3.05, 3.63) is 63.6 Å². The predicted molar refractivity (Wildman–Crippen MR) is 92.3 cm³/mol. The third kappa shape index (κ3) is 4.37. The van der Waals surface area contributed by atoms with Crippen LogP contribution < -0.4 is 5.32 Å². The van der Waals surface area contributed by atoms with Gasteiger partial charge >= 0.3 is 0 Å². The zero-order valence-electron chi connectivity index (χ0n) is 12.5. The first kappa shape index (κ1) is 16.2. The SMILES string of the molecule is CC(Nc1cccc(CN(C)C)c1)c1cccc(Cl)c1Cl. The molecule has 1 atom stereocenters. The maximum atomic E-state index is 6.28. The number of benzene rings is 2. The van der Waals surface area contributed by atoms with Crippen molar-refractivity contribution in [3.8, 4) is 0 Å². The minimum atomic E-state index is 0.0887. The highest BCUT2D eigenvalue weighted by Gasteiger charge is 2.11. The summed E-state index contributed by atoms with van der Waals surface area (Å²) in [4.78, 5) is 2.15. The highest BCUT2D eigenvalue weighted by Crippen LogP contribution is 2.31. The van der Waals surface area contributed by atoms with Crippen molar-refractivity contribution in [2.75, 3.05) is 19.4 Å². The van der Waals surface area contributed by atoms with Crippen LogP contribution in [-0.4, -0.2) is 19.0 Å². The third-order valence-corrected chi connectivity index (χ3v) is 4.09. The molecule has 0 aliphatic rings. The van der Waals surface area contributed by atoms with Crippen molar-refractivity contribution in [2.24, 2.45) is 0 Å². The van der Waals surface area contributed by atoms with E-state index in [-0.39, 0.29) is 6.04 Å². The molecule has 2 aromatic rings. The van der Waals surface area contributed by atoms with Crippen molar-refractivity contribution < 1.29 is 0 Å². The molecule has 0 aromatic heterocycles. The first-order chi connectivity index (χ1) is 9.97. The number of hydrogen-bond donors (Lipinski definition) is 1. The van der Waals surface area contributed by atoms with Gasteiger partial charge in [0.25, 0.3) is 0 Å². The third-order valence-electron chi connectivity index (χ3n) is 3.26. The van der Waals surface area contributed by atoms with Crippen LogP contribution in [0.1, 0.15) is 24.1 Å². The van der Waals surface area contributed by atoms with Gasteiger partial charge in [-0.05, 0) is 50.3 Å². The molecule has 2 nitrogen and oxygen atoms in total. The highest BCUT2D eigenvalue weighted by molar-refractivity contribution is 6.42. The van der Waals surface area contributed by atoms with Crippen LogP contribution >= 0.6 is 23.2 Å². The van der Waals surface area contributed by atoms with Gasteiger partial charge in [-0.1, -0.05) is 47.5 Å². The molecule has 2 rings (SSSR count). The summed E-state index contributed by atoms with van der Waals surface area (Å²) in [6.45, 7) is 3.00. The van der Waals surface area contributed by atoms with Crippen molar-refractivity contribution >= 4 is 28.9 Å². The van der Waals surface area contributed by atoms with E-state index in [1.807, 2.05) is 12.1 Å². The molecule has 112 valence electrons. The van der Waals surface area contributed by atoms with E-state index in [9.17, 15) is 0 Å². The standard InChI is InChI=1S/C17H20Cl2N2/c1-12(15-8-5-9-16(18)17(15)19)20-14-7-4-6-13(10-14)11-21(2)3/h4-10,12,20H,11H2,1-3H3. The van der Waals surface area contributed by atoms with Gasteiger partial charge in [0.1, 0.15) is 0 Å². The van der Waals surface area contributed by atoms with E-state index in [4.69, 9.17) is 23.2 Å². The van der Waals surface area contributed by atoms with Crippen LogP contribution in [0.5, 0.6) is 0 Å². The minimum absolute atomic E-state index is 0.0887. The van der Waals surface area contributed by atoms with Crippen LogP contribution in [-0.2, 0) is 6.54 Å². The lowest BCUT2D eigenvalue weighted by Crippen LogP contribution is -2.11. The van der Waals surface area contributed by atoms with E-state index in [1.165, 1.54) is 5.56 Å². The summed E-state index contributed by atoms with van der Waals surface area (Å²) in [5, 5.41) is 4.68. The zero-order valence-corrected chi connectivity index (χ0v) is 14.0. The molecule has 0 fully saturated rings. The number of hydrogen-bond acceptors (Lipinski definition) is 2. The van der Waals surface area contributed by atoms with E-state index < -0.39 is 0 Å². The summed E-state index contributed by atoms with van der Waals surface area (Å²) in [5.41, 5.74) is 3.36. The summed E-state index contributed by atoms with van der Waals surface area (Å²) >= 11 is 12.4. The Kier molecular flexibility index (Phi) is 5.51. The second kappa shape index (κ2) is 7.17. The van der Waals surface area contributed by atoms with Gasteiger partial charge in [0.05, 0.1) is 16.1 Å². The summed E-state index contributed by atoms with van der Waals surface area (Å²) < 4.78 is 0. The number of halogens is 2. The summed E-state index contributed by atoms with van der Waals surface area (Å²) in [5.74, 6) is 0. The fourth-order valence-corrected chi connectivity index (χ4v) is 2.78. The molecule has 4 heteroatoms. The fourth-order valence-electron chi connectivity index (χ4n) is 2.31. The molecule has 2 aromatic carbocycles. The number of nitrogens with zero attached hydrogens (tertiary/aromatic N) is 1. The Morgan fingerprint density at radius 2 is 1.81 bits per heavy atom. The van der Waals surface area contributed by atoms with E-state index in [0.717, 1.165) is 17.8 Å². The smallest absolute Gasteiger partial charge is 0.0644 e. The van der Waals surface area contributed by atoms with Gasteiger partial charge in [0, 0.05) is 12.2 Å². The van der Waals surface area contributed by atoms with Gasteiger partial charge in [-0.15, -0.1) is 0 Å². The lowest BCUT2D eigenvalue weighted by atomic mass is 10.1. The summed E-state index contributed by atoms with van der Waals surface area (Å²) in [7, 11) is 4.13. The van der Waals surface area contributed by atoms with Gasteiger partial charge < -0.3 is 10.2 Å². The molecule has 0 amide bonds. The van der Waals surface area contributed by atoms with Crippen molar-refractivity contribution in [2.45, 2.75) is 19.5 Å². The average molecular weight is 323 g/mol. The average Bonchev–Trinajstić information content (AvgIpc) is 2.41. The van der Waals surface area contributed by atoms with Crippen LogP contribution in [0.25, 0.3) is 0 Å². The largest absolute Gasteiger partial charge is 0.378 e. The van der Waals surface area contributed by atoms with Crippen LogP contribution in [0, 0.1) is 0 Å². The van der Waals surface area contributed by atoms with E-state index in [2.05, 4.69) is 55.5 Å². The van der Waals surface area contributed by atoms with Crippen LogP contribution in [0.15, 0.2) is 42.5 Å². The Hall–Kier alpha value is -1.22. The van der Waals surface area contributed by atoms with Crippen molar-refractivity contribution in [1.82, 2.24) is 4.90 Å². The maximum Gasteiger partial charge on any atom is 0.0644 e. The molecule has 0 saturated carbocycles. The molecule has 0 aliphatic heterocycles. The zero-order chi connectivity index (χ0) is 15.4. The molecular weight excluding hydrogens is 303 g/mol. The maximum absolute atomic E-state index is 6.28. The summed E-state index contributed by atoms with van der Waals surface area (Å²) in [6, 6.07) is 14.2. The van der Waals surface area contributed by atoms with Gasteiger partial charge in [-0.25, -0.2) is 0 Å². The molecule has 0 heterocycles. The number of rotatable bonds is 5. The predicted octanol–water partition coefficient (Wildman–Crippen LogP) is 5.23. The second-order valence-corrected chi connectivity index (χ2v) is 6.23. The molecule has 21 heavy (non-hydrogen) atoms. The number of anilines is 1. The fraction of sp³-hybridized carbons (Fsp3) is 0.294. The summed E-state index contributed by atoms with van der Waals surface area (Å²) in [6.07, 6.45) is 0. The molecule has 0 spiro atoms. The normalized spacial score (nSPS) is 12.5. The molecule has 0 aliphatic carbocycles. The topological polar surface area (TPSA) is 15.3 Å². The van der Waals surface area contributed by atoms with Gasteiger partial charge in [0.15, 0.2) is 0 Å². The van der Waals surface area contributed by atoms with Gasteiger partial charge in [0.2, 0.25) is 0 Å². The molecule has 1 unspecified atom stereocenters. The highest BCUT2D eigenvalue weighted by atomic mass is 35.5. The first-order valence-electron chi connectivity index (χ1n) is 6.91. The van der Waals surface area contributed by atoms with Gasteiger partial charge in [-0.3, -0.25) is 0 Å². The quantitative estimate of drug-likeness (QED) is 0.811. The van der Waals surface area contributed by atoms with E-state index >= 15 is 0 Å². The van der Waals surface area contributed by atoms with Crippen LogP contribution in [0.4, 0.5) is 5.69 Å². The van der Waals surface area contributed by atoms with Crippen molar-refractivity contribution in [1.29, 1.82) is 0 Å². The Morgan fingerprint density at radius 1 is 1.10 bits per heavy atom. The van der Waals surface area contributed by atoms with E-state index in [0.29, 0.717) is 10.0 Å². The molecule has 1 N–H and O–H groups in total.